The predicted octanol–water partition coefficient (Wildman–Crippen LogP) is 3.06. The van der Waals surface area contributed by atoms with Gasteiger partial charge >= 0.3 is 0 Å². The lowest BCUT2D eigenvalue weighted by Crippen LogP contribution is -2.11. The van der Waals surface area contributed by atoms with Crippen molar-refractivity contribution in [1.82, 2.24) is 0 Å². The lowest BCUT2D eigenvalue weighted by molar-refractivity contribution is 0.411. The first-order valence-electron chi connectivity index (χ1n) is 4.78. The second kappa shape index (κ2) is 6.64. The highest BCUT2D eigenvalue weighted by molar-refractivity contribution is 5.85. The van der Waals surface area contributed by atoms with E-state index in [1.54, 1.807) is 19.2 Å². The third-order valence-corrected chi connectivity index (χ3v) is 2.20. The molecular formula is C11H17ClFNO. The highest BCUT2D eigenvalue weighted by atomic mass is 35.5. The third-order valence-electron chi connectivity index (χ3n) is 2.20. The minimum Gasteiger partial charge on any atom is -0.497 e. The van der Waals surface area contributed by atoms with Gasteiger partial charge in [0, 0.05) is 11.6 Å². The number of methoxy groups -OCH3 is 1. The van der Waals surface area contributed by atoms with Crippen molar-refractivity contribution < 1.29 is 9.13 Å². The minimum atomic E-state index is -0.258. The highest BCUT2D eigenvalue weighted by Gasteiger charge is 2.11. The van der Waals surface area contributed by atoms with Gasteiger partial charge < -0.3 is 10.5 Å². The maximum Gasteiger partial charge on any atom is 0.128 e. The van der Waals surface area contributed by atoms with Crippen molar-refractivity contribution in [1.29, 1.82) is 0 Å². The molecule has 15 heavy (non-hydrogen) atoms. The van der Waals surface area contributed by atoms with Crippen LogP contribution in [0.2, 0.25) is 0 Å². The molecule has 0 radical (unpaired) electrons. The van der Waals surface area contributed by atoms with Gasteiger partial charge in [0.1, 0.15) is 11.6 Å². The Labute approximate surface area is 96.0 Å². The second-order valence-corrected chi connectivity index (χ2v) is 3.28. The third kappa shape index (κ3) is 3.68. The molecule has 0 bridgehead atoms. The molecule has 0 saturated carbocycles. The van der Waals surface area contributed by atoms with Gasteiger partial charge in [0.15, 0.2) is 0 Å². The molecule has 0 fully saturated rings. The van der Waals surface area contributed by atoms with Crippen LogP contribution in [0.1, 0.15) is 31.4 Å². The molecule has 2 nitrogen and oxygen atoms in total. The number of hydrogen-bond donors (Lipinski definition) is 1. The molecule has 0 heterocycles. The number of benzene rings is 1. The van der Waals surface area contributed by atoms with Gasteiger partial charge in [-0.1, -0.05) is 13.3 Å². The molecule has 1 rings (SSSR count). The fourth-order valence-electron chi connectivity index (χ4n) is 1.40. The Balaban J connectivity index is 0.00000196. The van der Waals surface area contributed by atoms with Crippen LogP contribution in [-0.2, 0) is 0 Å². The molecule has 0 unspecified atom stereocenters. The van der Waals surface area contributed by atoms with Crippen molar-refractivity contribution in [3.8, 4) is 5.75 Å². The Morgan fingerprint density at radius 2 is 2.13 bits per heavy atom. The summed E-state index contributed by atoms with van der Waals surface area (Å²) in [4.78, 5) is 0. The van der Waals surface area contributed by atoms with Gasteiger partial charge in [-0.25, -0.2) is 4.39 Å². The van der Waals surface area contributed by atoms with E-state index in [4.69, 9.17) is 10.5 Å². The number of nitrogens with two attached hydrogens (primary N) is 1. The van der Waals surface area contributed by atoms with Crippen LogP contribution in [0.25, 0.3) is 0 Å². The Morgan fingerprint density at radius 3 is 2.67 bits per heavy atom. The molecule has 86 valence electrons. The molecule has 0 aliphatic rings. The molecule has 0 aromatic heterocycles. The van der Waals surface area contributed by atoms with Gasteiger partial charge in [-0.2, -0.15) is 0 Å². The lowest BCUT2D eigenvalue weighted by Gasteiger charge is -2.12. The summed E-state index contributed by atoms with van der Waals surface area (Å²) in [6.45, 7) is 2.03. The summed E-state index contributed by atoms with van der Waals surface area (Å²) >= 11 is 0. The monoisotopic (exact) mass is 233 g/mol. The summed E-state index contributed by atoms with van der Waals surface area (Å²) in [5.41, 5.74) is 6.37. The topological polar surface area (TPSA) is 35.2 Å². The summed E-state index contributed by atoms with van der Waals surface area (Å²) in [7, 11) is 1.56. The normalized spacial score (nSPS) is 11.7. The zero-order valence-electron chi connectivity index (χ0n) is 9.00. The standard InChI is InChI=1S/C11H16FNO.ClH/c1-3-4-11(13)9-7-8(14-2)5-6-10(9)12;/h5-7,11H,3-4,13H2,1-2H3;1H/t11-;/m0./s1. The van der Waals surface area contributed by atoms with Crippen molar-refractivity contribution in [2.24, 2.45) is 5.73 Å². The van der Waals surface area contributed by atoms with Crippen molar-refractivity contribution in [3.63, 3.8) is 0 Å². The molecule has 1 atom stereocenters. The molecule has 4 heteroatoms. The average molecular weight is 234 g/mol. The summed E-state index contributed by atoms with van der Waals surface area (Å²) in [5.74, 6) is 0.389. The van der Waals surface area contributed by atoms with E-state index in [1.165, 1.54) is 6.07 Å². The van der Waals surface area contributed by atoms with E-state index in [0.717, 1.165) is 12.8 Å². The van der Waals surface area contributed by atoms with E-state index in [1.807, 2.05) is 6.92 Å². The van der Waals surface area contributed by atoms with Crippen molar-refractivity contribution in [2.45, 2.75) is 25.8 Å². The molecule has 1 aromatic rings. The molecule has 1 aromatic carbocycles. The Hall–Kier alpha value is -0.800. The van der Waals surface area contributed by atoms with Gasteiger partial charge in [-0.3, -0.25) is 0 Å². The molecule has 0 aliphatic carbocycles. The van der Waals surface area contributed by atoms with Gasteiger partial charge in [0.05, 0.1) is 7.11 Å². The van der Waals surface area contributed by atoms with Crippen LogP contribution in [0.4, 0.5) is 4.39 Å². The van der Waals surface area contributed by atoms with Crippen LogP contribution >= 0.6 is 12.4 Å². The molecule has 0 spiro atoms. The van der Waals surface area contributed by atoms with E-state index in [2.05, 4.69) is 0 Å². The zero-order chi connectivity index (χ0) is 10.6. The van der Waals surface area contributed by atoms with Crippen LogP contribution in [0, 0.1) is 5.82 Å². The SMILES string of the molecule is CCC[C@H](N)c1cc(OC)ccc1F.Cl. The lowest BCUT2D eigenvalue weighted by atomic mass is 10.0. The Kier molecular flexibility index (Phi) is 6.29. The van der Waals surface area contributed by atoms with Crippen LogP contribution in [0.3, 0.4) is 0 Å². The predicted molar refractivity (Wildman–Crippen MR) is 62.0 cm³/mol. The maximum absolute atomic E-state index is 13.3. The molecule has 0 saturated heterocycles. The molecular weight excluding hydrogens is 217 g/mol. The van der Waals surface area contributed by atoms with E-state index in [0.29, 0.717) is 11.3 Å². The number of ether oxygens (including phenoxy) is 1. The van der Waals surface area contributed by atoms with Gasteiger partial charge in [0.2, 0.25) is 0 Å². The van der Waals surface area contributed by atoms with Crippen molar-refractivity contribution in [2.75, 3.05) is 7.11 Å². The smallest absolute Gasteiger partial charge is 0.128 e. The quantitative estimate of drug-likeness (QED) is 0.868. The fraction of sp³-hybridized carbons (Fsp3) is 0.455. The first-order chi connectivity index (χ1) is 6.69. The van der Waals surface area contributed by atoms with Crippen molar-refractivity contribution in [3.05, 3.63) is 29.6 Å². The minimum absolute atomic E-state index is 0. The molecule has 0 aliphatic heterocycles. The Bertz CT molecular complexity index is 307. The van der Waals surface area contributed by atoms with Gasteiger partial charge in [-0.05, 0) is 24.6 Å². The average Bonchev–Trinajstić information content (AvgIpc) is 2.19. The molecule has 2 N–H and O–H groups in total. The first-order valence-corrected chi connectivity index (χ1v) is 4.78. The van der Waals surface area contributed by atoms with E-state index in [9.17, 15) is 4.39 Å². The summed E-state index contributed by atoms with van der Waals surface area (Å²) in [6, 6.07) is 4.41. The van der Waals surface area contributed by atoms with Crippen LogP contribution in [0.5, 0.6) is 5.75 Å². The number of halogens is 2. The summed E-state index contributed by atoms with van der Waals surface area (Å²) < 4.78 is 18.4. The Morgan fingerprint density at radius 1 is 1.47 bits per heavy atom. The summed E-state index contributed by atoms with van der Waals surface area (Å²) in [6.07, 6.45) is 1.72. The summed E-state index contributed by atoms with van der Waals surface area (Å²) in [5, 5.41) is 0. The van der Waals surface area contributed by atoms with Crippen LogP contribution in [-0.4, -0.2) is 7.11 Å². The molecule has 0 amide bonds. The van der Waals surface area contributed by atoms with E-state index >= 15 is 0 Å². The van der Waals surface area contributed by atoms with Gasteiger partial charge in [-0.15, -0.1) is 12.4 Å². The van der Waals surface area contributed by atoms with E-state index < -0.39 is 0 Å². The van der Waals surface area contributed by atoms with Crippen LogP contribution in [0.15, 0.2) is 18.2 Å². The van der Waals surface area contributed by atoms with Crippen molar-refractivity contribution >= 4 is 12.4 Å². The fourth-order valence-corrected chi connectivity index (χ4v) is 1.40. The number of rotatable bonds is 4. The largest absolute Gasteiger partial charge is 0.497 e. The maximum atomic E-state index is 13.3. The second-order valence-electron chi connectivity index (χ2n) is 3.28. The van der Waals surface area contributed by atoms with Gasteiger partial charge in [0.25, 0.3) is 0 Å². The highest BCUT2D eigenvalue weighted by Crippen LogP contribution is 2.23. The number of hydrogen-bond acceptors (Lipinski definition) is 2. The zero-order valence-corrected chi connectivity index (χ0v) is 9.81. The van der Waals surface area contributed by atoms with E-state index in [-0.39, 0.29) is 24.3 Å². The first kappa shape index (κ1) is 14.2. The van der Waals surface area contributed by atoms with Crippen LogP contribution < -0.4 is 10.5 Å².